The number of aromatic nitrogens is 4. The Morgan fingerprint density at radius 3 is 2.74 bits per heavy atom. The van der Waals surface area contributed by atoms with Crippen molar-refractivity contribution < 1.29 is 29.6 Å². The van der Waals surface area contributed by atoms with Gasteiger partial charge >= 0.3 is 5.97 Å². The highest BCUT2D eigenvalue weighted by atomic mass is 32.2. The standard InChI is InChI=1S/C17H25N7O6S/c1-31(3-2-8(17(28)29)23-10(25)4-18)5-9-12(26)13(27)16(30-9)24-7-22-11-14(19)20-6-21-15(11)24/h6-9,12-13,16,26-27H,2-5,18H2,1H3,(H3-,19,20,21,23,25,28,29)/p+1/t8-,9-,12-,13-,16-,31?/m1/s1. The first-order valence-corrected chi connectivity index (χ1v) is 11.5. The van der Waals surface area contributed by atoms with Crippen LogP contribution in [-0.4, -0.2) is 95.4 Å². The van der Waals surface area contributed by atoms with Crippen molar-refractivity contribution in [3.05, 3.63) is 12.7 Å². The number of amides is 1. The molecule has 6 atom stereocenters. The summed E-state index contributed by atoms with van der Waals surface area (Å²) in [7, 11) is -0.354. The largest absolute Gasteiger partial charge is 0.480 e. The number of hydrogen-bond acceptors (Lipinski definition) is 10. The van der Waals surface area contributed by atoms with Gasteiger partial charge in [0.1, 0.15) is 47.7 Å². The zero-order valence-electron chi connectivity index (χ0n) is 16.8. The molecule has 0 aliphatic carbocycles. The highest BCUT2D eigenvalue weighted by Gasteiger charge is 2.46. The van der Waals surface area contributed by atoms with Crippen molar-refractivity contribution in [3.63, 3.8) is 0 Å². The fourth-order valence-corrected chi connectivity index (χ4v) is 4.99. The summed E-state index contributed by atoms with van der Waals surface area (Å²) in [5.74, 6) is -0.610. The molecule has 2 aromatic rings. The Bertz CT molecular complexity index is 943. The number of carbonyl (C=O) groups is 2. The summed E-state index contributed by atoms with van der Waals surface area (Å²) in [4.78, 5) is 34.9. The van der Waals surface area contributed by atoms with Gasteiger partial charge in [0.25, 0.3) is 0 Å². The lowest BCUT2D eigenvalue weighted by Gasteiger charge is -2.16. The summed E-state index contributed by atoms with van der Waals surface area (Å²) >= 11 is 0. The SMILES string of the molecule is C[S+](CC[C@@H](NC(=O)CN)C(=O)O)C[C@H]1O[C@@H](n2cnc3c(N)ncnc32)[C@H](O)[C@@H]1O. The van der Waals surface area contributed by atoms with Crippen LogP contribution in [0.15, 0.2) is 12.7 Å². The average molecular weight is 457 g/mol. The molecule has 8 N–H and O–H groups in total. The van der Waals surface area contributed by atoms with Crippen LogP contribution in [0.4, 0.5) is 5.82 Å². The molecule has 0 bridgehead atoms. The summed E-state index contributed by atoms with van der Waals surface area (Å²) in [6, 6.07) is -1.04. The Morgan fingerprint density at radius 2 is 2.06 bits per heavy atom. The number of nitrogen functional groups attached to an aromatic ring is 1. The first kappa shape index (κ1) is 23.1. The first-order valence-electron chi connectivity index (χ1n) is 9.49. The number of anilines is 1. The molecule has 1 saturated heterocycles. The molecule has 1 unspecified atom stereocenters. The molecule has 170 valence electrons. The van der Waals surface area contributed by atoms with Gasteiger partial charge in [0.15, 0.2) is 17.7 Å². The first-order chi connectivity index (χ1) is 14.7. The molecule has 0 spiro atoms. The monoisotopic (exact) mass is 456 g/mol. The lowest BCUT2D eigenvalue weighted by molar-refractivity contribution is -0.141. The highest BCUT2D eigenvalue weighted by molar-refractivity contribution is 7.96. The van der Waals surface area contributed by atoms with Crippen LogP contribution >= 0.6 is 0 Å². The second-order valence-electron chi connectivity index (χ2n) is 7.23. The zero-order valence-corrected chi connectivity index (χ0v) is 17.6. The Labute approximate surface area is 180 Å². The number of ether oxygens (including phenoxy) is 1. The van der Waals surface area contributed by atoms with Crippen molar-refractivity contribution in [1.82, 2.24) is 24.8 Å². The molecule has 1 fully saturated rings. The predicted octanol–water partition coefficient (Wildman–Crippen LogP) is -2.81. The second-order valence-corrected chi connectivity index (χ2v) is 9.54. The van der Waals surface area contributed by atoms with Crippen molar-refractivity contribution in [2.24, 2.45) is 5.73 Å². The lowest BCUT2D eigenvalue weighted by Crippen LogP contribution is -2.44. The number of aliphatic hydroxyl groups excluding tert-OH is 2. The van der Waals surface area contributed by atoms with Crippen LogP contribution in [0.5, 0.6) is 0 Å². The molecule has 0 saturated carbocycles. The number of nitrogens with one attached hydrogen (secondary N) is 1. The Morgan fingerprint density at radius 1 is 1.32 bits per heavy atom. The van der Waals surface area contributed by atoms with Gasteiger partial charge in [-0.25, -0.2) is 19.7 Å². The molecule has 2 aromatic heterocycles. The molecule has 0 aromatic carbocycles. The van der Waals surface area contributed by atoms with Crippen LogP contribution in [0.2, 0.25) is 0 Å². The number of imidazole rings is 1. The quantitative estimate of drug-likeness (QED) is 0.212. The molecule has 13 nitrogen and oxygen atoms in total. The van der Waals surface area contributed by atoms with E-state index in [0.717, 1.165) is 0 Å². The maximum Gasteiger partial charge on any atom is 0.326 e. The molecule has 31 heavy (non-hydrogen) atoms. The van der Waals surface area contributed by atoms with Gasteiger partial charge < -0.3 is 36.8 Å². The Balaban J connectivity index is 1.62. The number of hydrogen-bond donors (Lipinski definition) is 6. The molecule has 1 aliphatic heterocycles. The van der Waals surface area contributed by atoms with E-state index >= 15 is 0 Å². The van der Waals surface area contributed by atoms with E-state index in [4.69, 9.17) is 16.2 Å². The summed E-state index contributed by atoms with van der Waals surface area (Å²) < 4.78 is 7.41. The minimum Gasteiger partial charge on any atom is -0.480 e. The fraction of sp³-hybridized carbons (Fsp3) is 0.588. The smallest absolute Gasteiger partial charge is 0.326 e. The molecular weight excluding hydrogens is 430 g/mol. The van der Waals surface area contributed by atoms with Gasteiger partial charge in [-0.15, -0.1) is 0 Å². The third-order valence-corrected chi connectivity index (χ3v) is 6.85. The normalized spacial score (nSPS) is 25.4. The summed E-state index contributed by atoms with van der Waals surface area (Å²) in [6.07, 6.45) is 0.852. The van der Waals surface area contributed by atoms with Gasteiger partial charge in [-0.2, -0.15) is 0 Å². The van der Waals surface area contributed by atoms with E-state index in [1.807, 2.05) is 6.26 Å². The molecule has 0 radical (unpaired) electrons. The number of carboxylic acids is 1. The van der Waals surface area contributed by atoms with Crippen LogP contribution in [0, 0.1) is 0 Å². The van der Waals surface area contributed by atoms with Crippen LogP contribution in [0.25, 0.3) is 11.2 Å². The zero-order chi connectivity index (χ0) is 22.7. The fourth-order valence-electron chi connectivity index (χ4n) is 3.35. The number of aliphatic carboxylic acids is 1. The summed E-state index contributed by atoms with van der Waals surface area (Å²) in [5, 5.41) is 32.6. The van der Waals surface area contributed by atoms with E-state index in [0.29, 0.717) is 22.7 Å². The number of rotatable bonds is 9. The maximum absolute atomic E-state index is 11.4. The van der Waals surface area contributed by atoms with E-state index < -0.39 is 42.5 Å². The third kappa shape index (κ3) is 5.04. The number of carbonyl (C=O) groups excluding carboxylic acids is 1. The predicted molar refractivity (Wildman–Crippen MR) is 112 cm³/mol. The van der Waals surface area contributed by atoms with Gasteiger partial charge in [-0.3, -0.25) is 9.36 Å². The van der Waals surface area contributed by atoms with Gasteiger partial charge in [0, 0.05) is 6.42 Å². The number of aliphatic hydroxyl groups is 2. The van der Waals surface area contributed by atoms with Crippen LogP contribution < -0.4 is 16.8 Å². The van der Waals surface area contributed by atoms with Crippen molar-refractivity contribution in [2.45, 2.75) is 37.0 Å². The van der Waals surface area contributed by atoms with E-state index in [2.05, 4.69) is 20.3 Å². The Kier molecular flexibility index (Phi) is 7.27. The molecule has 1 amide bonds. The molecule has 1 aliphatic rings. The van der Waals surface area contributed by atoms with Crippen LogP contribution in [0.1, 0.15) is 12.6 Å². The number of carboxylic acid groups (broad SMARTS) is 1. The summed E-state index contributed by atoms with van der Waals surface area (Å²) in [5.41, 5.74) is 11.7. The number of nitrogens with zero attached hydrogens (tertiary/aromatic N) is 4. The van der Waals surface area contributed by atoms with E-state index in [-0.39, 0.29) is 29.7 Å². The second kappa shape index (κ2) is 9.74. The lowest BCUT2D eigenvalue weighted by atomic mass is 10.1. The highest BCUT2D eigenvalue weighted by Crippen LogP contribution is 2.32. The van der Waals surface area contributed by atoms with E-state index in [9.17, 15) is 24.9 Å². The minimum atomic E-state index is -1.22. The van der Waals surface area contributed by atoms with Crippen molar-refractivity contribution in [1.29, 1.82) is 0 Å². The Hall–Kier alpha value is -2.52. The molecular formula is C17H26N7O6S+. The van der Waals surface area contributed by atoms with Crippen LogP contribution in [-0.2, 0) is 25.2 Å². The van der Waals surface area contributed by atoms with Gasteiger partial charge in [-0.1, -0.05) is 0 Å². The van der Waals surface area contributed by atoms with Crippen molar-refractivity contribution >= 4 is 39.8 Å². The average Bonchev–Trinajstić information content (AvgIpc) is 3.28. The molecule has 3 heterocycles. The van der Waals surface area contributed by atoms with Gasteiger partial charge in [-0.05, 0) is 10.9 Å². The van der Waals surface area contributed by atoms with E-state index in [1.165, 1.54) is 17.2 Å². The molecule has 3 rings (SSSR count). The molecule has 14 heteroatoms. The van der Waals surface area contributed by atoms with E-state index in [1.54, 1.807) is 0 Å². The minimum absolute atomic E-state index is 0.193. The number of fused-ring (bicyclic) bond motifs is 1. The van der Waals surface area contributed by atoms with Gasteiger partial charge in [0.2, 0.25) is 5.91 Å². The van der Waals surface area contributed by atoms with Crippen LogP contribution in [0.3, 0.4) is 0 Å². The number of nitrogens with two attached hydrogens (primary N) is 2. The summed E-state index contributed by atoms with van der Waals surface area (Å²) in [6.45, 7) is -0.289. The van der Waals surface area contributed by atoms with Crippen molar-refractivity contribution in [3.8, 4) is 0 Å². The maximum atomic E-state index is 11.4. The van der Waals surface area contributed by atoms with Crippen molar-refractivity contribution in [2.75, 3.05) is 30.0 Å². The van der Waals surface area contributed by atoms with Gasteiger partial charge in [0.05, 0.1) is 19.1 Å². The third-order valence-electron chi connectivity index (χ3n) is 5.02. The topological polar surface area (TPSA) is 212 Å².